The maximum Gasteiger partial charge on any atom is 0.330 e. The first kappa shape index (κ1) is 14.2. The van der Waals surface area contributed by atoms with Crippen molar-refractivity contribution in [3.8, 4) is 0 Å². The lowest BCUT2D eigenvalue weighted by Crippen LogP contribution is -2.52. The molecule has 0 fully saturated rings. The number of hydrogen-bond donors (Lipinski definition) is 2. The summed E-state index contributed by atoms with van der Waals surface area (Å²) in [6.07, 6.45) is 3.16. The smallest absolute Gasteiger partial charge is 0.330 e. The SMILES string of the molecule is COC(=O)C(C)(C)NC(=O)C(N)c1cnn(C)c1. The maximum atomic E-state index is 11.9. The van der Waals surface area contributed by atoms with E-state index in [1.165, 1.54) is 13.3 Å². The molecule has 1 aromatic heterocycles. The number of rotatable bonds is 4. The van der Waals surface area contributed by atoms with Gasteiger partial charge in [0.25, 0.3) is 0 Å². The number of ether oxygens (including phenoxy) is 1. The highest BCUT2D eigenvalue weighted by Crippen LogP contribution is 2.12. The second kappa shape index (κ2) is 5.18. The predicted molar refractivity (Wildman–Crippen MR) is 64.4 cm³/mol. The van der Waals surface area contributed by atoms with E-state index in [-0.39, 0.29) is 0 Å². The van der Waals surface area contributed by atoms with Crippen molar-refractivity contribution in [1.82, 2.24) is 15.1 Å². The predicted octanol–water partition coefficient (Wildman–Crippen LogP) is -0.512. The Balaban J connectivity index is 2.74. The molecule has 100 valence electrons. The fraction of sp³-hybridized carbons (Fsp3) is 0.545. The van der Waals surface area contributed by atoms with Crippen LogP contribution in [0, 0.1) is 0 Å². The third-order valence-corrected chi connectivity index (χ3v) is 2.50. The Hall–Kier alpha value is -1.89. The lowest BCUT2D eigenvalue weighted by atomic mass is 10.0. The number of nitrogens with one attached hydrogen (secondary N) is 1. The number of aryl methyl sites for hydroxylation is 1. The van der Waals surface area contributed by atoms with Gasteiger partial charge in [-0.25, -0.2) is 4.79 Å². The number of nitrogens with two attached hydrogens (primary N) is 1. The summed E-state index contributed by atoms with van der Waals surface area (Å²) in [5.74, 6) is -0.993. The van der Waals surface area contributed by atoms with Gasteiger partial charge in [-0.1, -0.05) is 0 Å². The second-order valence-corrected chi connectivity index (χ2v) is 4.53. The van der Waals surface area contributed by atoms with Crippen LogP contribution in [0.5, 0.6) is 0 Å². The largest absolute Gasteiger partial charge is 0.467 e. The zero-order valence-corrected chi connectivity index (χ0v) is 10.9. The number of nitrogens with zero attached hydrogens (tertiary/aromatic N) is 2. The molecule has 3 N–H and O–H groups in total. The van der Waals surface area contributed by atoms with Crippen molar-refractivity contribution in [3.63, 3.8) is 0 Å². The normalized spacial score (nSPS) is 12.9. The zero-order valence-electron chi connectivity index (χ0n) is 10.9. The van der Waals surface area contributed by atoms with Gasteiger partial charge >= 0.3 is 5.97 Å². The number of carbonyl (C=O) groups is 2. The Morgan fingerprint density at radius 1 is 1.56 bits per heavy atom. The van der Waals surface area contributed by atoms with Crippen LogP contribution in [0.1, 0.15) is 25.5 Å². The number of esters is 1. The molecule has 7 heteroatoms. The molecular formula is C11H18N4O3. The molecule has 0 radical (unpaired) electrons. The molecule has 0 bridgehead atoms. The van der Waals surface area contributed by atoms with Gasteiger partial charge in [-0.3, -0.25) is 9.48 Å². The van der Waals surface area contributed by atoms with Crippen LogP contribution < -0.4 is 11.1 Å². The van der Waals surface area contributed by atoms with Crippen molar-refractivity contribution in [1.29, 1.82) is 0 Å². The van der Waals surface area contributed by atoms with Gasteiger partial charge in [0, 0.05) is 18.8 Å². The Morgan fingerprint density at radius 3 is 2.61 bits per heavy atom. The Labute approximate surface area is 105 Å². The van der Waals surface area contributed by atoms with Gasteiger partial charge in [0.2, 0.25) is 5.91 Å². The van der Waals surface area contributed by atoms with E-state index in [2.05, 4.69) is 15.2 Å². The highest BCUT2D eigenvalue weighted by molar-refractivity contribution is 5.90. The number of aromatic nitrogens is 2. The highest BCUT2D eigenvalue weighted by Gasteiger charge is 2.32. The molecule has 1 rings (SSSR count). The van der Waals surface area contributed by atoms with Crippen LogP contribution in [0.2, 0.25) is 0 Å². The molecular weight excluding hydrogens is 236 g/mol. The summed E-state index contributed by atoms with van der Waals surface area (Å²) in [7, 11) is 2.99. The molecule has 0 spiro atoms. The number of methoxy groups -OCH3 is 1. The first-order valence-corrected chi connectivity index (χ1v) is 5.42. The van der Waals surface area contributed by atoms with Crippen LogP contribution in [0.25, 0.3) is 0 Å². The van der Waals surface area contributed by atoms with E-state index in [0.29, 0.717) is 5.56 Å². The number of amides is 1. The van der Waals surface area contributed by atoms with E-state index in [9.17, 15) is 9.59 Å². The van der Waals surface area contributed by atoms with Crippen LogP contribution in [-0.2, 0) is 21.4 Å². The molecule has 1 amide bonds. The molecule has 0 aliphatic carbocycles. The van der Waals surface area contributed by atoms with Gasteiger partial charge in [0.05, 0.1) is 13.3 Å². The van der Waals surface area contributed by atoms with E-state index < -0.39 is 23.5 Å². The van der Waals surface area contributed by atoms with E-state index >= 15 is 0 Å². The van der Waals surface area contributed by atoms with Crippen molar-refractivity contribution in [2.24, 2.45) is 12.8 Å². The molecule has 0 saturated heterocycles. The van der Waals surface area contributed by atoms with Crippen molar-refractivity contribution < 1.29 is 14.3 Å². The molecule has 1 atom stereocenters. The van der Waals surface area contributed by atoms with Crippen LogP contribution in [0.3, 0.4) is 0 Å². The molecule has 1 aromatic rings. The summed E-state index contributed by atoms with van der Waals surface area (Å²) in [6, 6.07) is -0.873. The summed E-state index contributed by atoms with van der Waals surface area (Å²) in [5, 5.41) is 6.47. The van der Waals surface area contributed by atoms with Crippen molar-refractivity contribution >= 4 is 11.9 Å². The minimum atomic E-state index is -1.12. The van der Waals surface area contributed by atoms with E-state index in [1.54, 1.807) is 31.8 Å². The average Bonchev–Trinajstić information content (AvgIpc) is 2.72. The van der Waals surface area contributed by atoms with Gasteiger partial charge in [0.1, 0.15) is 11.6 Å². The van der Waals surface area contributed by atoms with Crippen molar-refractivity contribution in [2.75, 3.05) is 7.11 Å². The summed E-state index contributed by atoms with van der Waals surface area (Å²) in [4.78, 5) is 23.3. The maximum absolute atomic E-state index is 11.9. The third-order valence-electron chi connectivity index (χ3n) is 2.50. The molecule has 0 aliphatic rings. The number of carbonyl (C=O) groups excluding carboxylic acids is 2. The monoisotopic (exact) mass is 254 g/mol. The molecule has 1 unspecified atom stereocenters. The standard InChI is InChI=1S/C11H18N4O3/c1-11(2,10(17)18-4)14-9(16)8(12)7-5-13-15(3)6-7/h5-6,8H,12H2,1-4H3,(H,14,16). The van der Waals surface area contributed by atoms with Crippen LogP contribution in [0.4, 0.5) is 0 Å². The van der Waals surface area contributed by atoms with Crippen molar-refractivity contribution in [3.05, 3.63) is 18.0 Å². The quantitative estimate of drug-likeness (QED) is 0.705. The summed E-state index contributed by atoms with van der Waals surface area (Å²) >= 11 is 0. The fourth-order valence-electron chi connectivity index (χ4n) is 1.44. The number of hydrogen-bond acceptors (Lipinski definition) is 5. The van der Waals surface area contributed by atoms with E-state index in [0.717, 1.165) is 0 Å². The molecule has 0 aliphatic heterocycles. The Kier molecular flexibility index (Phi) is 4.07. The molecule has 0 aromatic carbocycles. The first-order valence-electron chi connectivity index (χ1n) is 5.42. The lowest BCUT2D eigenvalue weighted by Gasteiger charge is -2.24. The van der Waals surface area contributed by atoms with Gasteiger partial charge in [-0.05, 0) is 13.8 Å². The minimum absolute atomic E-state index is 0.460. The molecule has 0 saturated carbocycles. The molecule has 7 nitrogen and oxygen atoms in total. The van der Waals surface area contributed by atoms with E-state index in [4.69, 9.17) is 5.73 Å². The van der Waals surface area contributed by atoms with Gasteiger partial charge in [-0.15, -0.1) is 0 Å². The van der Waals surface area contributed by atoms with E-state index in [1.807, 2.05) is 0 Å². The van der Waals surface area contributed by atoms with Crippen LogP contribution in [-0.4, -0.2) is 34.3 Å². The minimum Gasteiger partial charge on any atom is -0.467 e. The Bertz CT molecular complexity index is 453. The summed E-state index contributed by atoms with van der Waals surface area (Å²) in [5.41, 5.74) is 5.24. The average molecular weight is 254 g/mol. The van der Waals surface area contributed by atoms with Gasteiger partial charge in [0.15, 0.2) is 0 Å². The highest BCUT2D eigenvalue weighted by atomic mass is 16.5. The van der Waals surface area contributed by atoms with Gasteiger partial charge < -0.3 is 15.8 Å². The third kappa shape index (κ3) is 3.07. The molecule has 1 heterocycles. The van der Waals surface area contributed by atoms with Gasteiger partial charge in [-0.2, -0.15) is 5.10 Å². The lowest BCUT2D eigenvalue weighted by molar-refractivity contribution is -0.149. The van der Waals surface area contributed by atoms with Crippen molar-refractivity contribution in [2.45, 2.75) is 25.4 Å². The Morgan fingerprint density at radius 2 is 2.17 bits per heavy atom. The molecule has 18 heavy (non-hydrogen) atoms. The summed E-state index contributed by atoms with van der Waals surface area (Å²) in [6.45, 7) is 3.10. The zero-order chi connectivity index (χ0) is 13.9. The second-order valence-electron chi connectivity index (χ2n) is 4.53. The van der Waals surface area contributed by atoms with Crippen LogP contribution in [0.15, 0.2) is 12.4 Å². The topological polar surface area (TPSA) is 99.2 Å². The first-order chi connectivity index (χ1) is 8.27. The fourth-order valence-corrected chi connectivity index (χ4v) is 1.44. The van der Waals surface area contributed by atoms with Crippen LogP contribution >= 0.6 is 0 Å². The summed E-state index contributed by atoms with van der Waals surface area (Å²) < 4.78 is 6.14.